The van der Waals surface area contributed by atoms with Gasteiger partial charge in [-0.15, -0.1) is 0 Å². The fraction of sp³-hybridized carbons (Fsp3) is 0. The van der Waals surface area contributed by atoms with Crippen LogP contribution in [0.25, 0.3) is 0 Å². The minimum atomic E-state index is -1.15. The Morgan fingerprint density at radius 3 is 2.57 bits per heavy atom. The van der Waals surface area contributed by atoms with Gasteiger partial charge in [-0.2, -0.15) is 5.10 Å². The molecule has 0 aliphatic carbocycles. The van der Waals surface area contributed by atoms with Crippen LogP contribution in [0, 0.1) is 10.1 Å². The molecule has 0 bridgehead atoms. The Hall–Kier alpha value is -3.62. The van der Waals surface area contributed by atoms with Crippen molar-refractivity contribution in [2.75, 3.05) is 5.43 Å². The third-order valence-corrected chi connectivity index (χ3v) is 2.87. The van der Waals surface area contributed by atoms with E-state index < -0.39 is 28.1 Å². The van der Waals surface area contributed by atoms with Crippen LogP contribution < -0.4 is 5.43 Å². The molecule has 23 heavy (non-hydrogen) atoms. The van der Waals surface area contributed by atoms with Gasteiger partial charge in [-0.1, -0.05) is 12.1 Å². The molecule has 0 aliphatic rings. The molecule has 0 fully saturated rings. The van der Waals surface area contributed by atoms with Crippen LogP contribution in [0.3, 0.4) is 0 Å². The van der Waals surface area contributed by atoms with Gasteiger partial charge in [-0.05, 0) is 12.1 Å². The summed E-state index contributed by atoms with van der Waals surface area (Å²) in [7, 11) is 0. The molecular weight excluding hydrogens is 306 g/mol. The highest BCUT2D eigenvalue weighted by Crippen LogP contribution is 2.32. The second-order valence-corrected chi connectivity index (χ2v) is 4.38. The maximum absolute atomic E-state index is 11.0. The molecule has 4 N–H and O–H groups in total. The molecule has 118 valence electrons. The molecule has 0 saturated carbocycles. The molecule has 0 saturated heterocycles. The van der Waals surface area contributed by atoms with Crippen LogP contribution in [0.2, 0.25) is 0 Å². The van der Waals surface area contributed by atoms with Gasteiger partial charge in [-0.3, -0.25) is 15.5 Å². The van der Waals surface area contributed by atoms with Crippen LogP contribution in [-0.4, -0.2) is 32.4 Å². The van der Waals surface area contributed by atoms with Gasteiger partial charge in [0.05, 0.1) is 22.4 Å². The van der Waals surface area contributed by atoms with Crippen molar-refractivity contribution in [2.45, 2.75) is 0 Å². The van der Waals surface area contributed by atoms with E-state index in [1.165, 1.54) is 12.1 Å². The lowest BCUT2D eigenvalue weighted by atomic mass is 10.2. The first-order chi connectivity index (χ1) is 10.9. The Bertz CT molecular complexity index is 803. The van der Waals surface area contributed by atoms with Crippen molar-refractivity contribution in [1.82, 2.24) is 0 Å². The van der Waals surface area contributed by atoms with Gasteiger partial charge in [0, 0.05) is 17.7 Å². The molecule has 0 heterocycles. The number of hydrazone groups is 1. The lowest BCUT2D eigenvalue weighted by Crippen LogP contribution is -2.02. The largest absolute Gasteiger partial charge is 0.507 e. The number of carboxylic acid groups (broad SMARTS) is 1. The second-order valence-electron chi connectivity index (χ2n) is 4.38. The Labute approximate surface area is 129 Å². The minimum absolute atomic E-state index is 0.00874. The number of para-hydroxylation sites is 1. The van der Waals surface area contributed by atoms with Crippen LogP contribution in [0.4, 0.5) is 11.4 Å². The quantitative estimate of drug-likeness (QED) is 0.375. The van der Waals surface area contributed by atoms with Gasteiger partial charge in [0.15, 0.2) is 5.75 Å². The standard InChI is InChI=1S/C14H11N3O6/c18-12-6-13(19)11(17(22)23)5-8(12)7-15-16-10-4-2-1-3-9(10)14(20)21/h1-7,16,18-19H,(H,20,21)/b15-7+. The Kier molecular flexibility index (Phi) is 4.41. The molecule has 0 radical (unpaired) electrons. The highest BCUT2D eigenvalue weighted by Gasteiger charge is 2.16. The number of anilines is 1. The van der Waals surface area contributed by atoms with Gasteiger partial charge in [0.2, 0.25) is 0 Å². The molecule has 2 rings (SSSR count). The number of nitrogens with zero attached hydrogens (tertiary/aromatic N) is 2. The summed E-state index contributed by atoms with van der Waals surface area (Å²) in [5, 5.41) is 42.5. The number of phenols is 2. The second kappa shape index (κ2) is 6.43. The summed E-state index contributed by atoms with van der Waals surface area (Å²) in [6.07, 6.45) is 1.07. The third kappa shape index (κ3) is 3.53. The summed E-state index contributed by atoms with van der Waals surface area (Å²) in [5.74, 6) is -2.23. The van der Waals surface area contributed by atoms with Gasteiger partial charge in [-0.25, -0.2) is 4.79 Å². The number of hydrogen-bond acceptors (Lipinski definition) is 7. The summed E-state index contributed by atoms with van der Waals surface area (Å²) in [6, 6.07) is 7.78. The van der Waals surface area contributed by atoms with Crippen molar-refractivity contribution in [1.29, 1.82) is 0 Å². The zero-order valence-electron chi connectivity index (χ0n) is 11.5. The van der Waals surface area contributed by atoms with E-state index in [1.54, 1.807) is 12.1 Å². The maximum atomic E-state index is 11.0. The maximum Gasteiger partial charge on any atom is 0.337 e. The van der Waals surface area contributed by atoms with E-state index in [0.29, 0.717) is 0 Å². The number of phenolic OH excluding ortho intramolecular Hbond substituents is 2. The van der Waals surface area contributed by atoms with E-state index in [-0.39, 0.29) is 16.8 Å². The SMILES string of the molecule is O=C(O)c1ccccc1N/N=C/c1cc([N+](=O)[O-])c(O)cc1O. The first kappa shape index (κ1) is 15.8. The Balaban J connectivity index is 2.27. The molecule has 0 spiro atoms. The predicted molar refractivity (Wildman–Crippen MR) is 81.0 cm³/mol. The zero-order valence-corrected chi connectivity index (χ0v) is 11.5. The molecule has 0 amide bonds. The van der Waals surface area contributed by atoms with E-state index in [1.807, 2.05) is 0 Å². The molecule has 2 aromatic rings. The van der Waals surface area contributed by atoms with Crippen molar-refractivity contribution in [3.63, 3.8) is 0 Å². The fourth-order valence-electron chi connectivity index (χ4n) is 1.77. The molecule has 0 aliphatic heterocycles. The number of nitro groups is 1. The molecule has 9 nitrogen and oxygen atoms in total. The summed E-state index contributed by atoms with van der Waals surface area (Å²) < 4.78 is 0. The van der Waals surface area contributed by atoms with Gasteiger partial charge < -0.3 is 15.3 Å². The molecule has 9 heteroatoms. The van der Waals surface area contributed by atoms with Crippen molar-refractivity contribution < 1.29 is 25.0 Å². The molecular formula is C14H11N3O6. The van der Waals surface area contributed by atoms with Crippen molar-refractivity contribution in [3.05, 3.63) is 57.6 Å². The van der Waals surface area contributed by atoms with Crippen LogP contribution in [-0.2, 0) is 0 Å². The number of aromatic carboxylic acids is 1. The van der Waals surface area contributed by atoms with Crippen LogP contribution in [0.1, 0.15) is 15.9 Å². The molecule has 0 atom stereocenters. The number of hydrogen-bond donors (Lipinski definition) is 4. The van der Waals surface area contributed by atoms with Crippen LogP contribution in [0.5, 0.6) is 11.5 Å². The number of aromatic hydroxyl groups is 2. The van der Waals surface area contributed by atoms with Gasteiger partial charge in [0.1, 0.15) is 5.75 Å². The summed E-state index contributed by atoms with van der Waals surface area (Å²) >= 11 is 0. The average molecular weight is 317 g/mol. The smallest absolute Gasteiger partial charge is 0.337 e. The summed E-state index contributed by atoms with van der Waals surface area (Å²) in [5.41, 5.74) is 2.08. The molecule has 2 aromatic carbocycles. The number of nitro benzene ring substituents is 1. The number of carboxylic acids is 1. The zero-order chi connectivity index (χ0) is 17.0. The first-order valence-corrected chi connectivity index (χ1v) is 6.22. The number of benzene rings is 2. The van der Waals surface area contributed by atoms with Crippen molar-refractivity contribution >= 4 is 23.6 Å². The third-order valence-electron chi connectivity index (χ3n) is 2.87. The van der Waals surface area contributed by atoms with Gasteiger partial charge >= 0.3 is 11.7 Å². The number of rotatable bonds is 5. The van der Waals surface area contributed by atoms with Gasteiger partial charge in [0.25, 0.3) is 0 Å². The lowest BCUT2D eigenvalue weighted by molar-refractivity contribution is -0.385. The van der Waals surface area contributed by atoms with Crippen molar-refractivity contribution in [3.8, 4) is 11.5 Å². The average Bonchev–Trinajstić information content (AvgIpc) is 2.49. The normalized spacial score (nSPS) is 10.6. The fourth-order valence-corrected chi connectivity index (χ4v) is 1.77. The van der Waals surface area contributed by atoms with E-state index in [2.05, 4.69) is 10.5 Å². The molecule has 0 aromatic heterocycles. The highest BCUT2D eigenvalue weighted by atomic mass is 16.6. The minimum Gasteiger partial charge on any atom is -0.507 e. The lowest BCUT2D eigenvalue weighted by Gasteiger charge is -2.05. The van der Waals surface area contributed by atoms with E-state index in [9.17, 15) is 25.1 Å². The highest BCUT2D eigenvalue weighted by molar-refractivity contribution is 5.94. The van der Waals surface area contributed by atoms with Crippen LogP contribution in [0.15, 0.2) is 41.5 Å². The number of carbonyl (C=O) groups is 1. The topological polar surface area (TPSA) is 145 Å². The summed E-state index contributed by atoms with van der Waals surface area (Å²) in [4.78, 5) is 21.0. The van der Waals surface area contributed by atoms with Crippen LogP contribution >= 0.6 is 0 Å². The van der Waals surface area contributed by atoms with Crippen molar-refractivity contribution in [2.24, 2.45) is 5.10 Å². The monoisotopic (exact) mass is 317 g/mol. The molecule has 0 unspecified atom stereocenters. The number of nitrogens with one attached hydrogen (secondary N) is 1. The Morgan fingerprint density at radius 2 is 1.91 bits per heavy atom. The van der Waals surface area contributed by atoms with E-state index >= 15 is 0 Å². The summed E-state index contributed by atoms with van der Waals surface area (Å²) in [6.45, 7) is 0. The first-order valence-electron chi connectivity index (χ1n) is 6.22. The predicted octanol–water partition coefficient (Wildman–Crippen LogP) is 2.15. The van der Waals surface area contributed by atoms with E-state index in [0.717, 1.165) is 18.3 Å². The Morgan fingerprint density at radius 1 is 1.22 bits per heavy atom. The van der Waals surface area contributed by atoms with E-state index in [4.69, 9.17) is 5.11 Å².